The highest BCUT2D eigenvalue weighted by molar-refractivity contribution is 7.87. The van der Waals surface area contributed by atoms with Gasteiger partial charge in [-0.1, -0.05) is 17.7 Å². The summed E-state index contributed by atoms with van der Waals surface area (Å²) in [5.74, 6) is -1.20. The lowest BCUT2D eigenvalue weighted by Gasteiger charge is -2.24. The first kappa shape index (κ1) is 21.9. The Kier molecular flexibility index (Phi) is 6.09. The van der Waals surface area contributed by atoms with Gasteiger partial charge in [-0.15, -0.1) is 11.3 Å². The first-order valence-corrected chi connectivity index (χ1v) is 12.1. The van der Waals surface area contributed by atoms with Crippen molar-refractivity contribution in [3.8, 4) is 11.1 Å². The lowest BCUT2D eigenvalue weighted by atomic mass is 10.00. The van der Waals surface area contributed by atoms with Crippen molar-refractivity contribution in [1.29, 1.82) is 0 Å². The molecule has 2 heterocycles. The predicted molar refractivity (Wildman–Crippen MR) is 122 cm³/mol. The van der Waals surface area contributed by atoms with Crippen molar-refractivity contribution < 1.29 is 13.4 Å². The molecule has 1 fully saturated rings. The molecule has 162 valence electrons. The molecule has 0 aliphatic heterocycles. The molecule has 1 aliphatic carbocycles. The van der Waals surface area contributed by atoms with Crippen molar-refractivity contribution in [1.82, 2.24) is 15.3 Å². The van der Waals surface area contributed by atoms with Gasteiger partial charge < -0.3 is 5.32 Å². The molecule has 6 nitrogen and oxygen atoms in total. The summed E-state index contributed by atoms with van der Waals surface area (Å²) in [6, 6.07) is 6.05. The number of nitrogens with zero attached hydrogens (tertiary/aromatic N) is 2. The van der Waals surface area contributed by atoms with Gasteiger partial charge in [0.25, 0.3) is 5.91 Å². The molecule has 10 heteroatoms. The van der Waals surface area contributed by atoms with Crippen LogP contribution in [0.2, 0.25) is 5.02 Å². The lowest BCUT2D eigenvalue weighted by molar-refractivity contribution is 0.0906. The zero-order chi connectivity index (χ0) is 22.2. The molecule has 1 amide bonds. The molecule has 0 radical (unpaired) electrons. The van der Waals surface area contributed by atoms with Gasteiger partial charge in [-0.05, 0) is 50.5 Å². The minimum Gasteiger partial charge on any atom is -0.341 e. The van der Waals surface area contributed by atoms with Gasteiger partial charge in [-0.3, -0.25) is 14.5 Å². The molecule has 1 aromatic carbocycles. The number of nitrogens with one attached hydrogen (secondary N) is 2. The van der Waals surface area contributed by atoms with Gasteiger partial charge in [-0.25, -0.2) is 13.6 Å². The molecule has 31 heavy (non-hydrogen) atoms. The summed E-state index contributed by atoms with van der Waals surface area (Å²) in [6.45, 7) is 3.57. The van der Waals surface area contributed by atoms with Crippen LogP contribution in [0.1, 0.15) is 42.7 Å². The van der Waals surface area contributed by atoms with Gasteiger partial charge in [0, 0.05) is 23.3 Å². The molecule has 1 aliphatic rings. The Bertz CT molecular complexity index is 1160. The van der Waals surface area contributed by atoms with Crippen molar-refractivity contribution in [2.75, 3.05) is 4.72 Å². The number of thiazole rings is 1. The molecule has 1 atom stereocenters. The van der Waals surface area contributed by atoms with Crippen LogP contribution in [0, 0.1) is 5.82 Å². The maximum atomic E-state index is 14.7. The monoisotopic (exact) mass is 478 g/mol. The van der Waals surface area contributed by atoms with Crippen LogP contribution in [0.5, 0.6) is 0 Å². The Morgan fingerprint density at radius 3 is 2.71 bits per heavy atom. The number of hydrogen-bond acceptors (Lipinski definition) is 5. The van der Waals surface area contributed by atoms with Crippen LogP contribution in [0.15, 0.2) is 42.0 Å². The number of benzene rings is 1. The molecule has 1 unspecified atom stereocenters. The molecular weight excluding hydrogens is 459 g/mol. The van der Waals surface area contributed by atoms with E-state index >= 15 is 0 Å². The predicted octanol–water partition coefficient (Wildman–Crippen LogP) is 4.90. The zero-order valence-electron chi connectivity index (χ0n) is 16.8. The molecule has 0 saturated heterocycles. The third-order valence-electron chi connectivity index (χ3n) is 4.84. The summed E-state index contributed by atoms with van der Waals surface area (Å²) < 4.78 is 29.7. The van der Waals surface area contributed by atoms with Gasteiger partial charge in [0.1, 0.15) is 16.8 Å². The second kappa shape index (κ2) is 8.64. The van der Waals surface area contributed by atoms with E-state index in [4.69, 9.17) is 11.6 Å². The number of pyridine rings is 1. The third-order valence-corrected chi connectivity index (χ3v) is 7.40. The smallest absolute Gasteiger partial charge is 0.254 e. The minimum atomic E-state index is -1.14. The van der Waals surface area contributed by atoms with E-state index in [1.165, 1.54) is 29.7 Å². The average molecular weight is 479 g/mol. The number of rotatable bonds is 7. The fourth-order valence-corrected chi connectivity index (χ4v) is 5.21. The number of halogens is 2. The molecule has 2 aromatic heterocycles. The topological polar surface area (TPSA) is 84.0 Å². The molecule has 2 N–H and O–H groups in total. The van der Waals surface area contributed by atoms with Crippen molar-refractivity contribution in [2.24, 2.45) is 0 Å². The van der Waals surface area contributed by atoms with Crippen LogP contribution in [-0.4, -0.2) is 25.3 Å². The van der Waals surface area contributed by atoms with E-state index in [2.05, 4.69) is 20.0 Å². The van der Waals surface area contributed by atoms with E-state index in [-0.39, 0.29) is 10.8 Å². The van der Waals surface area contributed by atoms with E-state index in [0.29, 0.717) is 27.0 Å². The van der Waals surface area contributed by atoms with Crippen LogP contribution in [0.4, 0.5) is 9.52 Å². The standard InChI is InChI=1S/C21H20ClFN4O2S2/c1-21(2,18-11-30-20(25-18)27-31(29)15-4-5-15)26-19(28)16-6-3-12(8-17(16)23)13-7-14(22)10-24-9-13/h3,6-11,15H,4-5H2,1-2H3,(H,25,27)(H,26,28). The maximum absolute atomic E-state index is 14.7. The highest BCUT2D eigenvalue weighted by Crippen LogP contribution is 2.30. The zero-order valence-corrected chi connectivity index (χ0v) is 19.2. The van der Waals surface area contributed by atoms with Crippen LogP contribution < -0.4 is 10.0 Å². The Morgan fingerprint density at radius 2 is 2.03 bits per heavy atom. The molecule has 1 saturated carbocycles. The van der Waals surface area contributed by atoms with E-state index in [1.54, 1.807) is 37.6 Å². The molecule has 3 aromatic rings. The molecular formula is C21H20ClFN4O2S2. The summed E-state index contributed by atoms with van der Waals surface area (Å²) in [5.41, 5.74) is 0.904. The Morgan fingerprint density at radius 1 is 1.26 bits per heavy atom. The Labute approximate surface area is 190 Å². The van der Waals surface area contributed by atoms with E-state index in [9.17, 15) is 13.4 Å². The summed E-state index contributed by atoms with van der Waals surface area (Å²) in [6.07, 6.45) is 4.98. The van der Waals surface area contributed by atoms with Crippen molar-refractivity contribution in [3.63, 3.8) is 0 Å². The largest absolute Gasteiger partial charge is 0.341 e. The summed E-state index contributed by atoms with van der Waals surface area (Å²) >= 11 is 7.27. The van der Waals surface area contributed by atoms with E-state index in [0.717, 1.165) is 12.8 Å². The first-order chi connectivity index (χ1) is 14.7. The summed E-state index contributed by atoms with van der Waals surface area (Å²) in [5, 5.41) is 5.79. The van der Waals surface area contributed by atoms with Gasteiger partial charge >= 0.3 is 0 Å². The van der Waals surface area contributed by atoms with Crippen LogP contribution in [0.25, 0.3) is 11.1 Å². The lowest BCUT2D eigenvalue weighted by Crippen LogP contribution is -2.41. The second-order valence-corrected chi connectivity index (χ2v) is 10.6. The van der Waals surface area contributed by atoms with Gasteiger partial charge in [0.05, 0.1) is 27.1 Å². The quantitative estimate of drug-likeness (QED) is 0.505. The summed E-state index contributed by atoms with van der Waals surface area (Å²) in [7, 11) is -1.14. The molecule has 0 spiro atoms. The number of carbonyl (C=O) groups excluding carboxylic acids is 1. The van der Waals surface area contributed by atoms with Crippen LogP contribution >= 0.6 is 22.9 Å². The van der Waals surface area contributed by atoms with E-state index < -0.39 is 28.2 Å². The number of amides is 1. The SMILES string of the molecule is CC(C)(NC(=O)c1ccc(-c2cncc(Cl)c2)cc1F)c1csc(NS(=O)C2CC2)n1. The average Bonchev–Trinajstić information content (AvgIpc) is 3.46. The van der Waals surface area contributed by atoms with Crippen molar-refractivity contribution in [3.05, 3.63) is 64.1 Å². The molecule has 0 bridgehead atoms. The van der Waals surface area contributed by atoms with Crippen molar-refractivity contribution >= 4 is 45.0 Å². The fourth-order valence-electron chi connectivity index (χ4n) is 2.92. The number of hydrogen-bond donors (Lipinski definition) is 2. The summed E-state index contributed by atoms with van der Waals surface area (Å²) in [4.78, 5) is 21.2. The maximum Gasteiger partial charge on any atom is 0.254 e. The van der Waals surface area contributed by atoms with Crippen LogP contribution in [0.3, 0.4) is 0 Å². The van der Waals surface area contributed by atoms with Crippen LogP contribution in [-0.2, 0) is 16.5 Å². The molecule has 4 rings (SSSR count). The number of aromatic nitrogens is 2. The highest BCUT2D eigenvalue weighted by atomic mass is 35.5. The normalized spacial score (nSPS) is 14.8. The van der Waals surface area contributed by atoms with E-state index in [1.807, 2.05) is 0 Å². The highest BCUT2D eigenvalue weighted by Gasteiger charge is 2.31. The van der Waals surface area contributed by atoms with Gasteiger partial charge in [0.15, 0.2) is 5.13 Å². The number of carbonyl (C=O) groups is 1. The van der Waals surface area contributed by atoms with Crippen molar-refractivity contribution in [2.45, 2.75) is 37.5 Å². The Hall–Kier alpha value is -2.36. The van der Waals surface area contributed by atoms with Gasteiger partial charge in [0.2, 0.25) is 0 Å². The third kappa shape index (κ3) is 5.11. The fraction of sp³-hybridized carbons (Fsp3) is 0.286. The minimum absolute atomic E-state index is 0.0739. The first-order valence-electron chi connectivity index (χ1n) is 9.59. The van der Waals surface area contributed by atoms with Gasteiger partial charge in [-0.2, -0.15) is 0 Å². The Balaban J connectivity index is 1.48. The number of anilines is 1. The second-order valence-electron chi connectivity index (χ2n) is 7.80.